The molecule has 0 aliphatic carbocycles. The number of carbonyl (C=O) groups is 2. The average Bonchev–Trinajstić information content (AvgIpc) is 2.77. The third-order valence-electron chi connectivity index (χ3n) is 5.10. The second kappa shape index (κ2) is 6.05. The molecule has 0 radical (unpaired) electrons. The zero-order chi connectivity index (χ0) is 19.3. The van der Waals surface area contributed by atoms with Crippen molar-refractivity contribution >= 4 is 25.8 Å². The highest BCUT2D eigenvalue weighted by atomic mass is 28.4. The van der Waals surface area contributed by atoms with Crippen molar-refractivity contribution in [3.8, 4) is 5.75 Å². The summed E-state index contributed by atoms with van der Waals surface area (Å²) in [4.78, 5) is 26.3. The van der Waals surface area contributed by atoms with Crippen LogP contribution in [0.1, 0.15) is 41.5 Å². The Morgan fingerprint density at radius 3 is 2.27 bits per heavy atom. The molecule has 26 heavy (non-hydrogen) atoms. The van der Waals surface area contributed by atoms with Gasteiger partial charge in [-0.25, -0.2) is 9.29 Å². The van der Waals surface area contributed by atoms with E-state index in [0.717, 1.165) is 11.0 Å². The first kappa shape index (κ1) is 18.3. The highest BCUT2D eigenvalue weighted by molar-refractivity contribution is 6.74. The Labute approximate surface area is 153 Å². The predicted molar refractivity (Wildman–Crippen MR) is 102 cm³/mol. The molecule has 2 amide bonds. The summed E-state index contributed by atoms with van der Waals surface area (Å²) in [6, 6.07) is 10.6. The minimum atomic E-state index is -2.05. The number of amides is 2. The van der Waals surface area contributed by atoms with E-state index in [1.54, 1.807) is 18.2 Å². The third kappa shape index (κ3) is 3.05. The van der Waals surface area contributed by atoms with E-state index in [0.29, 0.717) is 11.4 Å². The van der Waals surface area contributed by atoms with E-state index in [4.69, 9.17) is 4.43 Å². The second-order valence-corrected chi connectivity index (χ2v) is 12.7. The first-order valence-electron chi connectivity index (χ1n) is 8.49. The Morgan fingerprint density at radius 1 is 0.962 bits per heavy atom. The Bertz CT molecular complexity index is 902. The zero-order valence-electron chi connectivity index (χ0n) is 15.6. The normalized spacial score (nSPS) is 14.6. The van der Waals surface area contributed by atoms with Crippen molar-refractivity contribution in [2.24, 2.45) is 0 Å². The number of rotatable bonds is 3. The van der Waals surface area contributed by atoms with Crippen LogP contribution in [0.5, 0.6) is 5.75 Å². The SMILES string of the molecule is CC(C)(C)[Si](C)(C)Oc1cccc(N2C(=O)c3ccc(F)cc3C2=O)c1. The van der Waals surface area contributed by atoms with Crippen molar-refractivity contribution in [3.05, 3.63) is 59.4 Å². The van der Waals surface area contributed by atoms with Crippen molar-refractivity contribution in [2.45, 2.75) is 38.9 Å². The number of hydrogen-bond donors (Lipinski definition) is 0. The Hall–Kier alpha value is -2.47. The lowest BCUT2D eigenvalue weighted by molar-refractivity contribution is 0.0926. The van der Waals surface area contributed by atoms with Gasteiger partial charge in [0.1, 0.15) is 11.6 Å². The van der Waals surface area contributed by atoms with Crippen molar-refractivity contribution in [1.29, 1.82) is 0 Å². The summed E-state index contributed by atoms with van der Waals surface area (Å²) < 4.78 is 19.7. The monoisotopic (exact) mass is 371 g/mol. The first-order chi connectivity index (χ1) is 12.0. The van der Waals surface area contributed by atoms with Gasteiger partial charge in [0.2, 0.25) is 8.32 Å². The molecule has 0 saturated carbocycles. The van der Waals surface area contributed by atoms with E-state index in [-0.39, 0.29) is 16.2 Å². The van der Waals surface area contributed by atoms with Crippen LogP contribution in [-0.4, -0.2) is 20.1 Å². The molecule has 0 atom stereocenters. The zero-order valence-corrected chi connectivity index (χ0v) is 16.6. The smallest absolute Gasteiger partial charge is 0.266 e. The maximum absolute atomic E-state index is 13.5. The maximum atomic E-state index is 13.5. The largest absolute Gasteiger partial charge is 0.543 e. The van der Waals surface area contributed by atoms with Crippen LogP contribution in [0.4, 0.5) is 10.1 Å². The fourth-order valence-electron chi connectivity index (χ4n) is 2.58. The molecule has 0 aromatic heterocycles. The van der Waals surface area contributed by atoms with E-state index in [1.807, 2.05) is 6.07 Å². The summed E-state index contributed by atoms with van der Waals surface area (Å²) in [5.74, 6) is -0.887. The standard InChI is InChI=1S/C20H22FNO3Si/c1-20(2,3)26(4,5)25-15-8-6-7-14(12-15)22-18(23)16-10-9-13(21)11-17(16)19(22)24/h6-12H,1-5H3. The number of imide groups is 1. The topological polar surface area (TPSA) is 46.6 Å². The lowest BCUT2D eigenvalue weighted by Crippen LogP contribution is -2.43. The Morgan fingerprint density at radius 2 is 1.62 bits per heavy atom. The number of fused-ring (bicyclic) bond motifs is 1. The Balaban J connectivity index is 1.95. The maximum Gasteiger partial charge on any atom is 0.266 e. The molecule has 0 N–H and O–H groups in total. The molecule has 6 heteroatoms. The molecular formula is C20H22FNO3Si. The molecule has 2 aromatic rings. The molecule has 4 nitrogen and oxygen atoms in total. The van der Waals surface area contributed by atoms with Gasteiger partial charge in [0.25, 0.3) is 11.8 Å². The van der Waals surface area contributed by atoms with Gasteiger partial charge in [0.15, 0.2) is 0 Å². The lowest BCUT2D eigenvalue weighted by atomic mass is 10.1. The van der Waals surface area contributed by atoms with E-state index in [2.05, 4.69) is 33.9 Å². The molecule has 0 saturated heterocycles. The molecule has 1 aliphatic heterocycles. The number of halogens is 1. The minimum absolute atomic E-state index is 0.0239. The van der Waals surface area contributed by atoms with Gasteiger partial charge in [-0.05, 0) is 48.5 Å². The summed E-state index contributed by atoms with van der Waals surface area (Å²) in [5.41, 5.74) is 0.727. The summed E-state index contributed by atoms with van der Waals surface area (Å²) >= 11 is 0. The van der Waals surface area contributed by atoms with Gasteiger partial charge in [-0.1, -0.05) is 26.8 Å². The van der Waals surface area contributed by atoms with Crippen molar-refractivity contribution < 1.29 is 18.4 Å². The van der Waals surface area contributed by atoms with Gasteiger partial charge in [-0.15, -0.1) is 0 Å². The molecule has 0 spiro atoms. The van der Waals surface area contributed by atoms with Gasteiger partial charge >= 0.3 is 0 Å². The van der Waals surface area contributed by atoms with E-state index in [9.17, 15) is 14.0 Å². The van der Waals surface area contributed by atoms with Crippen molar-refractivity contribution in [2.75, 3.05) is 4.90 Å². The Kier molecular flexibility index (Phi) is 4.27. The van der Waals surface area contributed by atoms with Gasteiger partial charge in [-0.3, -0.25) is 9.59 Å². The van der Waals surface area contributed by atoms with Gasteiger partial charge < -0.3 is 4.43 Å². The summed E-state index contributed by atoms with van der Waals surface area (Å²) in [5, 5.41) is 0.0239. The number of anilines is 1. The minimum Gasteiger partial charge on any atom is -0.543 e. The highest BCUT2D eigenvalue weighted by Crippen LogP contribution is 2.38. The molecule has 2 aromatic carbocycles. The number of hydrogen-bond acceptors (Lipinski definition) is 3. The summed E-state index contributed by atoms with van der Waals surface area (Å²) in [6.07, 6.45) is 0. The molecular weight excluding hydrogens is 349 g/mol. The molecule has 1 aliphatic rings. The molecule has 136 valence electrons. The molecule has 0 bridgehead atoms. The van der Waals surface area contributed by atoms with Crippen LogP contribution in [-0.2, 0) is 0 Å². The third-order valence-corrected chi connectivity index (χ3v) is 9.46. The summed E-state index contributed by atoms with van der Waals surface area (Å²) in [7, 11) is -2.05. The van der Waals surface area contributed by atoms with E-state index in [1.165, 1.54) is 12.1 Å². The van der Waals surface area contributed by atoms with Crippen LogP contribution in [0.15, 0.2) is 42.5 Å². The fourth-order valence-corrected chi connectivity index (χ4v) is 3.60. The van der Waals surface area contributed by atoms with Crippen LogP contribution >= 0.6 is 0 Å². The first-order valence-corrected chi connectivity index (χ1v) is 11.4. The molecule has 0 fully saturated rings. The molecule has 3 rings (SSSR count). The van der Waals surface area contributed by atoms with E-state index >= 15 is 0 Å². The lowest BCUT2D eigenvalue weighted by Gasteiger charge is -2.36. The molecule has 0 unspecified atom stereocenters. The van der Waals surface area contributed by atoms with Crippen LogP contribution < -0.4 is 9.33 Å². The predicted octanol–water partition coefficient (Wildman–Crippen LogP) is 5.01. The number of carbonyl (C=O) groups excluding carboxylic acids is 2. The van der Waals surface area contributed by atoms with Crippen LogP contribution in [0.3, 0.4) is 0 Å². The fraction of sp³-hybridized carbons (Fsp3) is 0.300. The van der Waals surface area contributed by atoms with Crippen LogP contribution in [0, 0.1) is 5.82 Å². The number of nitrogens with zero attached hydrogens (tertiary/aromatic N) is 1. The van der Waals surface area contributed by atoms with Gasteiger partial charge in [0, 0.05) is 6.07 Å². The summed E-state index contributed by atoms with van der Waals surface area (Å²) in [6.45, 7) is 10.7. The quantitative estimate of drug-likeness (QED) is 0.563. The second-order valence-electron chi connectivity index (χ2n) is 8.00. The highest BCUT2D eigenvalue weighted by Gasteiger charge is 2.40. The van der Waals surface area contributed by atoms with E-state index < -0.39 is 25.9 Å². The average molecular weight is 371 g/mol. The van der Waals surface area contributed by atoms with Gasteiger partial charge in [0.05, 0.1) is 16.8 Å². The van der Waals surface area contributed by atoms with Crippen molar-refractivity contribution in [3.63, 3.8) is 0 Å². The van der Waals surface area contributed by atoms with Gasteiger partial charge in [-0.2, -0.15) is 0 Å². The molecule has 1 heterocycles. The van der Waals surface area contributed by atoms with Crippen LogP contribution in [0.25, 0.3) is 0 Å². The number of benzene rings is 2. The van der Waals surface area contributed by atoms with Crippen molar-refractivity contribution in [1.82, 2.24) is 0 Å². The van der Waals surface area contributed by atoms with Crippen LogP contribution in [0.2, 0.25) is 18.1 Å².